The number of rotatable bonds is 5. The molecule has 3 N–H and O–H groups in total. The minimum absolute atomic E-state index is 0.0683. The molecule has 0 spiro atoms. The van der Waals surface area contributed by atoms with Gasteiger partial charge in [-0.2, -0.15) is 12.7 Å². The highest BCUT2D eigenvalue weighted by Gasteiger charge is 2.61. The summed E-state index contributed by atoms with van der Waals surface area (Å²) in [4.78, 5) is 56.4. The molecule has 3 aliphatic rings. The number of imidazole rings is 1. The summed E-state index contributed by atoms with van der Waals surface area (Å²) in [7, 11) is -0.0751. The molecule has 49 heavy (non-hydrogen) atoms. The van der Waals surface area contributed by atoms with Crippen molar-refractivity contribution in [3.05, 3.63) is 41.2 Å². The first-order chi connectivity index (χ1) is 23.0. The number of aromatic nitrogens is 2. The number of hydrogen-bond acceptors (Lipinski definition) is 9. The van der Waals surface area contributed by atoms with Crippen molar-refractivity contribution in [2.75, 3.05) is 27.7 Å². The number of fused-ring (bicyclic) bond motifs is 3. The zero-order valence-corrected chi connectivity index (χ0v) is 30.4. The molecule has 1 saturated heterocycles. The molecule has 3 amide bonds. The van der Waals surface area contributed by atoms with E-state index in [2.05, 4.69) is 10.3 Å². The molecule has 5 atom stereocenters. The molecule has 16 heteroatoms. The first kappa shape index (κ1) is 38.3. The van der Waals surface area contributed by atoms with Gasteiger partial charge in [0.1, 0.15) is 17.1 Å². The average Bonchev–Trinajstić information content (AvgIpc) is 3.40. The van der Waals surface area contributed by atoms with Crippen molar-refractivity contribution in [1.82, 2.24) is 28.8 Å². The Balaban J connectivity index is 0.000000266. The Kier molecular flexibility index (Phi) is 12.2. The third kappa shape index (κ3) is 8.44. The van der Waals surface area contributed by atoms with Gasteiger partial charge in [-0.25, -0.2) is 14.5 Å². The zero-order valence-electron chi connectivity index (χ0n) is 28.8. The lowest BCUT2D eigenvalue weighted by atomic mass is 10.0. The van der Waals surface area contributed by atoms with Crippen LogP contribution in [0.1, 0.15) is 82.1 Å². The molecule has 1 aliphatic carbocycles. The van der Waals surface area contributed by atoms with Gasteiger partial charge in [-0.05, 0) is 63.3 Å². The van der Waals surface area contributed by atoms with Gasteiger partial charge < -0.3 is 24.6 Å². The Morgan fingerprint density at radius 1 is 1.20 bits per heavy atom. The number of nitrogens with one attached hydrogen (secondary N) is 2. The molecule has 0 radical (unpaired) electrons. The SMILES string of the molecule is COC(=O)c1cccc2c1nc(Cl)n2C(C)C.C[C@H]1CCCCC/C=C\[C@@H]2C[C@@]2(C(=O)NS(=O)(=O)N(C)C)NC(=O)[C@@H]2C[C@@H](O)CN2C1=O. The van der Waals surface area contributed by atoms with Crippen molar-refractivity contribution in [2.24, 2.45) is 11.8 Å². The molecule has 2 aromatic rings. The fourth-order valence-electron chi connectivity index (χ4n) is 6.30. The number of ether oxygens (including phenoxy) is 1. The number of aliphatic hydroxyl groups is 1. The van der Waals surface area contributed by atoms with Gasteiger partial charge in [-0.3, -0.25) is 14.4 Å². The smallest absolute Gasteiger partial charge is 0.340 e. The van der Waals surface area contributed by atoms with Crippen LogP contribution in [0.5, 0.6) is 0 Å². The molecule has 0 unspecified atom stereocenters. The van der Waals surface area contributed by atoms with Gasteiger partial charge in [0, 0.05) is 44.9 Å². The summed E-state index contributed by atoms with van der Waals surface area (Å²) in [5, 5.41) is 13.3. The number of carbonyl (C=O) groups is 4. The van der Waals surface area contributed by atoms with Crippen LogP contribution in [0.15, 0.2) is 30.4 Å². The third-order valence-electron chi connectivity index (χ3n) is 9.23. The number of halogens is 1. The van der Waals surface area contributed by atoms with E-state index in [-0.39, 0.29) is 43.2 Å². The summed E-state index contributed by atoms with van der Waals surface area (Å²) in [6.07, 6.45) is 7.66. The van der Waals surface area contributed by atoms with Crippen molar-refractivity contribution in [3.63, 3.8) is 0 Å². The van der Waals surface area contributed by atoms with E-state index in [0.29, 0.717) is 22.8 Å². The molecule has 14 nitrogen and oxygen atoms in total. The number of esters is 1. The number of para-hydroxylation sites is 1. The van der Waals surface area contributed by atoms with Crippen LogP contribution in [-0.2, 0) is 29.3 Å². The predicted octanol–water partition coefficient (Wildman–Crippen LogP) is 2.96. The largest absolute Gasteiger partial charge is 0.465 e. The molecule has 2 aliphatic heterocycles. The first-order valence-electron chi connectivity index (χ1n) is 16.5. The van der Waals surface area contributed by atoms with Gasteiger partial charge in [0.05, 0.1) is 24.3 Å². The number of methoxy groups -OCH3 is 1. The topological polar surface area (TPSA) is 180 Å². The van der Waals surface area contributed by atoms with E-state index in [1.165, 1.54) is 26.1 Å². The van der Waals surface area contributed by atoms with Crippen molar-refractivity contribution in [3.8, 4) is 0 Å². The minimum atomic E-state index is -4.03. The van der Waals surface area contributed by atoms with Gasteiger partial charge >= 0.3 is 16.2 Å². The Hall–Kier alpha value is -3.53. The maximum Gasteiger partial charge on any atom is 0.340 e. The van der Waals surface area contributed by atoms with Gasteiger partial charge in [0.25, 0.3) is 5.91 Å². The van der Waals surface area contributed by atoms with E-state index < -0.39 is 45.7 Å². The number of benzene rings is 1. The average molecular weight is 723 g/mol. The lowest BCUT2D eigenvalue weighted by Gasteiger charge is -2.28. The molecule has 2 fully saturated rings. The van der Waals surface area contributed by atoms with Crippen LogP contribution in [0, 0.1) is 11.8 Å². The summed E-state index contributed by atoms with van der Waals surface area (Å²) in [6, 6.07) is 4.65. The highest BCUT2D eigenvalue weighted by atomic mass is 35.5. The molecule has 270 valence electrons. The highest BCUT2D eigenvalue weighted by Crippen LogP contribution is 2.45. The fourth-order valence-corrected chi connectivity index (χ4v) is 7.27. The second-order valence-corrected chi connectivity index (χ2v) is 15.6. The molecule has 1 aromatic carbocycles. The number of hydrogen-bond donors (Lipinski definition) is 3. The van der Waals surface area contributed by atoms with Crippen LogP contribution in [0.3, 0.4) is 0 Å². The number of allylic oxidation sites excluding steroid dienone is 1. The molecule has 1 saturated carbocycles. The maximum absolute atomic E-state index is 13.2. The fraction of sp³-hybridized carbons (Fsp3) is 0.606. The number of carbonyl (C=O) groups excluding carboxylic acids is 4. The van der Waals surface area contributed by atoms with Crippen LogP contribution in [0.2, 0.25) is 5.28 Å². The van der Waals surface area contributed by atoms with Gasteiger partial charge in [-0.15, -0.1) is 0 Å². The highest BCUT2D eigenvalue weighted by molar-refractivity contribution is 7.87. The van der Waals surface area contributed by atoms with E-state index in [1.807, 2.05) is 48.3 Å². The zero-order chi connectivity index (χ0) is 36.3. The second kappa shape index (κ2) is 15.6. The van der Waals surface area contributed by atoms with Crippen LogP contribution in [0.4, 0.5) is 0 Å². The molecular weight excluding hydrogens is 676 g/mol. The molecule has 5 rings (SSSR count). The lowest BCUT2D eigenvalue weighted by molar-refractivity contribution is -0.142. The van der Waals surface area contributed by atoms with Crippen LogP contribution in [-0.4, -0.2) is 101 Å². The molecule has 1 aromatic heterocycles. The normalized spacial score (nSPS) is 26.9. The Labute approximate surface area is 292 Å². The van der Waals surface area contributed by atoms with E-state index >= 15 is 0 Å². The van der Waals surface area contributed by atoms with E-state index in [9.17, 15) is 32.7 Å². The molecule has 3 heterocycles. The number of nitrogens with zero attached hydrogens (tertiary/aromatic N) is 4. The van der Waals surface area contributed by atoms with E-state index in [0.717, 1.165) is 35.5 Å². The van der Waals surface area contributed by atoms with Crippen molar-refractivity contribution in [1.29, 1.82) is 0 Å². The Bertz CT molecular complexity index is 1710. The van der Waals surface area contributed by atoms with Gasteiger partial charge in [0.2, 0.25) is 17.1 Å². The Morgan fingerprint density at radius 2 is 1.92 bits per heavy atom. The summed E-state index contributed by atoms with van der Waals surface area (Å²) in [5.74, 6) is -2.55. The number of amides is 3. The summed E-state index contributed by atoms with van der Waals surface area (Å²) >= 11 is 6.08. The number of aliphatic hydroxyl groups excluding tert-OH is 1. The Morgan fingerprint density at radius 3 is 2.57 bits per heavy atom. The van der Waals surface area contributed by atoms with Gasteiger partial charge in [0.15, 0.2) is 0 Å². The van der Waals surface area contributed by atoms with Crippen LogP contribution in [0.25, 0.3) is 11.0 Å². The van der Waals surface area contributed by atoms with Crippen molar-refractivity contribution >= 4 is 56.5 Å². The monoisotopic (exact) mass is 722 g/mol. The van der Waals surface area contributed by atoms with E-state index in [1.54, 1.807) is 12.1 Å². The first-order valence-corrected chi connectivity index (χ1v) is 18.3. The van der Waals surface area contributed by atoms with Crippen LogP contribution < -0.4 is 10.0 Å². The molecule has 0 bridgehead atoms. The van der Waals surface area contributed by atoms with E-state index in [4.69, 9.17) is 16.3 Å². The molecular formula is C33H47ClN6O8S. The third-order valence-corrected chi connectivity index (χ3v) is 10.9. The summed E-state index contributed by atoms with van der Waals surface area (Å²) in [6.45, 7) is 5.92. The van der Waals surface area contributed by atoms with Crippen molar-refractivity contribution in [2.45, 2.75) is 89.4 Å². The quantitative estimate of drug-likeness (QED) is 0.309. The summed E-state index contributed by atoms with van der Waals surface area (Å²) < 4.78 is 33.9. The van der Waals surface area contributed by atoms with Crippen molar-refractivity contribution < 1.29 is 37.4 Å². The van der Waals surface area contributed by atoms with Gasteiger partial charge in [-0.1, -0.05) is 38.0 Å². The maximum atomic E-state index is 13.2. The minimum Gasteiger partial charge on any atom is -0.465 e. The summed E-state index contributed by atoms with van der Waals surface area (Å²) in [5.41, 5.74) is 0.460. The lowest BCUT2D eigenvalue weighted by Crippen LogP contribution is -2.57. The standard InChI is InChI=1S/C21H34N4O6S.C12H13ClN2O2/c1-14-9-7-5-4-6-8-10-15-12-21(15,20(29)23-32(30,31)24(2)3)22-18(27)17-11-16(26)13-25(17)19(14)28;1-7(2)15-9-6-4-5-8(11(16)17-3)10(9)14-12(15)13/h8,10,14-17,26H,4-7,9,11-13H2,1-3H3,(H,22,27)(H,23,29);4-7H,1-3H3/b10-8-;/t14-,15+,16+,17-,21+;/m0./s1. The predicted molar refractivity (Wildman–Crippen MR) is 184 cm³/mol. The second-order valence-electron chi connectivity index (χ2n) is 13.4. The van der Waals surface area contributed by atoms with Crippen LogP contribution >= 0.6 is 11.6 Å².